The average molecular weight is 516 g/mol. The van der Waals surface area contributed by atoms with Gasteiger partial charge < -0.3 is 4.57 Å². The van der Waals surface area contributed by atoms with Crippen molar-refractivity contribution in [2.24, 2.45) is 5.10 Å². The van der Waals surface area contributed by atoms with Gasteiger partial charge in [-0.1, -0.05) is 17.7 Å². The van der Waals surface area contributed by atoms with Crippen LogP contribution in [0.2, 0.25) is 5.02 Å². The van der Waals surface area contributed by atoms with E-state index in [0.717, 1.165) is 10.2 Å². The van der Waals surface area contributed by atoms with Gasteiger partial charge >= 0.3 is 0 Å². The van der Waals surface area contributed by atoms with E-state index in [1.807, 2.05) is 6.07 Å². The summed E-state index contributed by atoms with van der Waals surface area (Å²) in [5, 5.41) is 29.0. The molecular weight excluding hydrogens is 498 g/mol. The Labute approximate surface area is 215 Å². The van der Waals surface area contributed by atoms with E-state index in [9.17, 15) is 25.0 Å². The molecule has 2 heterocycles. The molecule has 37 heavy (non-hydrogen) atoms. The summed E-state index contributed by atoms with van der Waals surface area (Å²) in [7, 11) is 0. The van der Waals surface area contributed by atoms with Crippen LogP contribution in [0.15, 0.2) is 70.7 Å². The first-order chi connectivity index (χ1) is 17.7. The summed E-state index contributed by atoms with van der Waals surface area (Å²) >= 11 is 6.18. The van der Waals surface area contributed by atoms with Crippen LogP contribution in [0.3, 0.4) is 0 Å². The summed E-state index contributed by atoms with van der Waals surface area (Å²) in [5.41, 5.74) is 3.71. The number of hydrogen-bond acceptors (Lipinski definition) is 7. The van der Waals surface area contributed by atoms with Gasteiger partial charge in [0.25, 0.3) is 17.2 Å². The molecule has 0 saturated carbocycles. The summed E-state index contributed by atoms with van der Waals surface area (Å²) in [5.74, 6) is -0.731. The van der Waals surface area contributed by atoms with Crippen molar-refractivity contribution < 1.29 is 9.72 Å². The van der Waals surface area contributed by atoms with Crippen LogP contribution in [-0.2, 0) is 0 Å². The molecule has 184 valence electrons. The molecule has 0 saturated heterocycles. The molecule has 4 aromatic rings. The predicted molar refractivity (Wildman–Crippen MR) is 137 cm³/mol. The maximum Gasteiger partial charge on any atom is 0.292 e. The highest BCUT2D eigenvalue weighted by Crippen LogP contribution is 2.19. The smallest absolute Gasteiger partial charge is 0.292 e. The number of nitrogens with one attached hydrogen (secondary N) is 1. The second-order valence-corrected chi connectivity index (χ2v) is 8.29. The van der Waals surface area contributed by atoms with Crippen molar-refractivity contribution in [2.45, 2.75) is 13.8 Å². The molecule has 0 unspecified atom stereocenters. The zero-order valence-corrected chi connectivity index (χ0v) is 20.3. The molecule has 0 atom stereocenters. The van der Waals surface area contributed by atoms with E-state index >= 15 is 0 Å². The number of non-ortho nitro benzene ring substituents is 1. The number of hydrogen-bond donors (Lipinski definition) is 1. The number of nitrogens with zero attached hydrogens (tertiary/aromatic N) is 6. The van der Waals surface area contributed by atoms with Gasteiger partial charge in [0.15, 0.2) is 5.69 Å². The highest BCUT2D eigenvalue weighted by atomic mass is 35.5. The number of hydrazone groups is 1. The Bertz CT molecular complexity index is 1660. The number of benzene rings is 2. The summed E-state index contributed by atoms with van der Waals surface area (Å²) in [6, 6.07) is 16.1. The van der Waals surface area contributed by atoms with Gasteiger partial charge in [-0.25, -0.2) is 5.43 Å². The second-order valence-electron chi connectivity index (χ2n) is 7.89. The Morgan fingerprint density at radius 3 is 2.54 bits per heavy atom. The van der Waals surface area contributed by atoms with Gasteiger partial charge in [0.2, 0.25) is 0 Å². The van der Waals surface area contributed by atoms with E-state index < -0.39 is 16.4 Å². The Balaban J connectivity index is 1.62. The monoisotopic (exact) mass is 515 g/mol. The summed E-state index contributed by atoms with van der Waals surface area (Å²) in [6.45, 7) is 3.25. The van der Waals surface area contributed by atoms with E-state index in [0.29, 0.717) is 22.1 Å². The molecule has 0 aliphatic rings. The SMILES string of the molecule is Cc1ccc(-n2nc(C(=O)N/N=C\c3cccn3-c3ccc([N+](=O)[O-])cc3)c(C)c(C#N)c2=O)cc1Cl. The van der Waals surface area contributed by atoms with Crippen LogP contribution in [0.25, 0.3) is 11.4 Å². The number of carbonyl (C=O) groups is 1. The minimum atomic E-state index is -0.731. The normalized spacial score (nSPS) is 10.9. The average Bonchev–Trinajstić information content (AvgIpc) is 3.35. The lowest BCUT2D eigenvalue weighted by Gasteiger charge is -2.11. The van der Waals surface area contributed by atoms with Crippen molar-refractivity contribution in [3.63, 3.8) is 0 Å². The third-order valence-corrected chi connectivity index (χ3v) is 5.95. The zero-order valence-electron chi connectivity index (χ0n) is 19.5. The van der Waals surface area contributed by atoms with Crippen molar-refractivity contribution in [1.29, 1.82) is 5.26 Å². The van der Waals surface area contributed by atoms with Gasteiger partial charge in [0.05, 0.1) is 22.5 Å². The van der Waals surface area contributed by atoms with Crippen LogP contribution in [0.4, 0.5) is 5.69 Å². The lowest BCUT2D eigenvalue weighted by Crippen LogP contribution is -2.31. The molecule has 1 amide bonds. The quantitative estimate of drug-likeness (QED) is 0.234. The number of amides is 1. The molecule has 0 aliphatic carbocycles. The summed E-state index contributed by atoms with van der Waals surface area (Å²) in [6.07, 6.45) is 3.12. The number of halogens is 1. The second kappa shape index (κ2) is 10.3. The molecule has 1 N–H and O–H groups in total. The van der Waals surface area contributed by atoms with Gasteiger partial charge in [-0.2, -0.15) is 20.1 Å². The lowest BCUT2D eigenvalue weighted by atomic mass is 10.1. The largest absolute Gasteiger partial charge is 0.316 e. The molecule has 0 radical (unpaired) electrons. The van der Waals surface area contributed by atoms with Gasteiger partial charge in [-0.05, 0) is 55.8 Å². The highest BCUT2D eigenvalue weighted by molar-refractivity contribution is 6.31. The van der Waals surface area contributed by atoms with Gasteiger partial charge in [0, 0.05) is 34.6 Å². The molecular formula is C25H18ClN7O4. The molecule has 4 rings (SSSR count). The maximum atomic E-state index is 12.9. The number of nitro groups is 1. The Morgan fingerprint density at radius 2 is 1.89 bits per heavy atom. The van der Waals surface area contributed by atoms with E-state index in [2.05, 4.69) is 15.6 Å². The topological polar surface area (TPSA) is 148 Å². The van der Waals surface area contributed by atoms with Crippen LogP contribution in [0, 0.1) is 35.3 Å². The van der Waals surface area contributed by atoms with E-state index in [4.69, 9.17) is 11.6 Å². The molecule has 12 heteroatoms. The molecule has 2 aromatic heterocycles. The molecule has 0 spiro atoms. The fourth-order valence-electron chi connectivity index (χ4n) is 3.52. The first-order valence-electron chi connectivity index (χ1n) is 10.8. The Hall–Kier alpha value is -5.08. The minimum absolute atomic E-state index is 0.0350. The van der Waals surface area contributed by atoms with Crippen molar-refractivity contribution in [3.8, 4) is 17.4 Å². The van der Waals surface area contributed by atoms with Gasteiger partial charge in [0.1, 0.15) is 11.6 Å². The lowest BCUT2D eigenvalue weighted by molar-refractivity contribution is -0.384. The van der Waals surface area contributed by atoms with E-state index in [1.165, 1.54) is 31.3 Å². The molecule has 0 fully saturated rings. The molecule has 0 bridgehead atoms. The van der Waals surface area contributed by atoms with Crippen LogP contribution >= 0.6 is 11.6 Å². The van der Waals surface area contributed by atoms with Crippen LogP contribution in [0.5, 0.6) is 0 Å². The first kappa shape index (κ1) is 25.0. The van der Waals surface area contributed by atoms with Crippen LogP contribution in [0.1, 0.15) is 32.9 Å². The fourth-order valence-corrected chi connectivity index (χ4v) is 3.70. The standard InChI is InChI=1S/C25H18ClN7O4/c1-15-5-6-19(12-22(15)26)32-25(35)21(13-27)16(2)23(30-32)24(34)29-28-14-20-4-3-11-31(20)17-7-9-18(10-8-17)33(36)37/h3-12,14H,1-2H3,(H,29,34)/b28-14-. The minimum Gasteiger partial charge on any atom is -0.316 e. The predicted octanol–water partition coefficient (Wildman–Crippen LogP) is 3.84. The fraction of sp³-hybridized carbons (Fsp3) is 0.0800. The third kappa shape index (κ3) is 5.00. The summed E-state index contributed by atoms with van der Waals surface area (Å²) in [4.78, 5) is 36.2. The van der Waals surface area contributed by atoms with Crippen LogP contribution < -0.4 is 11.0 Å². The van der Waals surface area contributed by atoms with Crippen molar-refractivity contribution in [2.75, 3.05) is 0 Å². The maximum absolute atomic E-state index is 12.9. The summed E-state index contributed by atoms with van der Waals surface area (Å²) < 4.78 is 2.67. The highest BCUT2D eigenvalue weighted by Gasteiger charge is 2.20. The number of rotatable bonds is 6. The molecule has 0 aliphatic heterocycles. The number of aromatic nitrogens is 3. The number of nitriles is 1. The number of aryl methyl sites for hydroxylation is 1. The Kier molecular flexibility index (Phi) is 6.95. The number of carbonyl (C=O) groups excluding carboxylic acids is 1. The van der Waals surface area contributed by atoms with Gasteiger partial charge in [-0.3, -0.25) is 19.7 Å². The van der Waals surface area contributed by atoms with Crippen LogP contribution in [-0.4, -0.2) is 31.4 Å². The Morgan fingerprint density at radius 1 is 1.19 bits per heavy atom. The third-order valence-electron chi connectivity index (χ3n) is 5.55. The first-order valence-corrected chi connectivity index (χ1v) is 11.1. The number of nitro benzene ring substituents is 1. The van der Waals surface area contributed by atoms with E-state index in [-0.39, 0.29) is 22.5 Å². The van der Waals surface area contributed by atoms with Crippen molar-refractivity contribution in [1.82, 2.24) is 19.8 Å². The van der Waals surface area contributed by atoms with Crippen molar-refractivity contribution in [3.05, 3.63) is 114 Å². The van der Waals surface area contributed by atoms with Gasteiger partial charge in [-0.15, -0.1) is 0 Å². The van der Waals surface area contributed by atoms with Crippen molar-refractivity contribution >= 4 is 29.4 Å². The molecule has 11 nitrogen and oxygen atoms in total. The van der Waals surface area contributed by atoms with E-state index in [1.54, 1.807) is 54.1 Å². The zero-order chi connectivity index (χ0) is 26.7. The molecule has 2 aromatic carbocycles.